The molecule has 0 atom stereocenters. The van der Waals surface area contributed by atoms with Crippen molar-refractivity contribution in [1.29, 1.82) is 0 Å². The van der Waals surface area contributed by atoms with Crippen molar-refractivity contribution < 1.29 is 22.7 Å². The second kappa shape index (κ2) is 10.4. The molecule has 1 N–H and O–H groups in total. The Morgan fingerprint density at radius 3 is 2.45 bits per heavy atom. The Hall–Kier alpha value is -1.68. The maximum Gasteiger partial charge on any atom is 0.257 e. The molecule has 0 radical (unpaired) electrons. The molecule has 2 fully saturated rings. The summed E-state index contributed by atoms with van der Waals surface area (Å²) in [5.41, 5.74) is 0.297. The number of nitrogens with zero attached hydrogens (tertiary/aromatic N) is 2. The van der Waals surface area contributed by atoms with Gasteiger partial charge >= 0.3 is 0 Å². The van der Waals surface area contributed by atoms with Crippen LogP contribution < -0.4 is 9.46 Å². The van der Waals surface area contributed by atoms with Crippen LogP contribution in [0.15, 0.2) is 23.1 Å². The third-order valence-corrected chi connectivity index (χ3v) is 6.89. The van der Waals surface area contributed by atoms with Crippen LogP contribution in [0.1, 0.15) is 36.0 Å². The van der Waals surface area contributed by atoms with E-state index < -0.39 is 10.0 Å². The second-order valence-electron chi connectivity index (χ2n) is 7.42. The lowest BCUT2D eigenvalue weighted by atomic mass is 10.1. The van der Waals surface area contributed by atoms with Crippen LogP contribution in [0, 0.1) is 0 Å². The average Bonchev–Trinajstić information content (AvgIpc) is 3.03. The summed E-state index contributed by atoms with van der Waals surface area (Å²) in [6, 6.07) is 4.47. The van der Waals surface area contributed by atoms with Crippen LogP contribution >= 0.6 is 0 Å². The van der Waals surface area contributed by atoms with Crippen molar-refractivity contribution in [3.8, 4) is 5.75 Å². The van der Waals surface area contributed by atoms with Gasteiger partial charge in [0.2, 0.25) is 10.0 Å². The van der Waals surface area contributed by atoms with Gasteiger partial charge in [-0.1, -0.05) is 12.8 Å². The number of hydrogen-bond acceptors (Lipinski definition) is 6. The summed E-state index contributed by atoms with van der Waals surface area (Å²) in [7, 11) is -2.22. The summed E-state index contributed by atoms with van der Waals surface area (Å²) < 4.78 is 38.8. The van der Waals surface area contributed by atoms with Crippen LogP contribution in [0.5, 0.6) is 5.75 Å². The zero-order chi connectivity index (χ0) is 20.7. The lowest BCUT2D eigenvalue weighted by Gasteiger charge is -2.26. The fraction of sp³-hybridized carbons (Fsp3) is 0.650. The first-order valence-corrected chi connectivity index (χ1v) is 11.8. The second-order valence-corrected chi connectivity index (χ2v) is 9.19. The molecule has 2 heterocycles. The summed E-state index contributed by atoms with van der Waals surface area (Å²) in [4.78, 5) is 17.1. The average molecular weight is 426 g/mol. The number of nitrogens with one attached hydrogen (secondary N) is 1. The molecular formula is C20H31N3O5S. The number of carbonyl (C=O) groups is 1. The smallest absolute Gasteiger partial charge is 0.257 e. The van der Waals surface area contributed by atoms with Crippen molar-refractivity contribution in [1.82, 2.24) is 14.5 Å². The number of likely N-dealkylation sites (tertiary alicyclic amines) is 1. The van der Waals surface area contributed by atoms with E-state index in [1.807, 2.05) is 0 Å². The normalized spacial score (nSPS) is 19.0. The quantitative estimate of drug-likeness (QED) is 0.709. The van der Waals surface area contributed by atoms with E-state index in [0.717, 1.165) is 38.8 Å². The zero-order valence-corrected chi connectivity index (χ0v) is 17.9. The highest BCUT2D eigenvalue weighted by Crippen LogP contribution is 2.25. The van der Waals surface area contributed by atoms with Crippen LogP contribution in [-0.2, 0) is 14.8 Å². The molecule has 3 rings (SSSR count). The number of rotatable bonds is 7. The number of sulfonamides is 1. The van der Waals surface area contributed by atoms with E-state index in [1.165, 1.54) is 19.2 Å². The van der Waals surface area contributed by atoms with Crippen molar-refractivity contribution >= 4 is 15.9 Å². The lowest BCUT2D eigenvalue weighted by Crippen LogP contribution is -2.41. The van der Waals surface area contributed by atoms with Gasteiger partial charge in [-0.3, -0.25) is 9.69 Å². The van der Waals surface area contributed by atoms with Gasteiger partial charge < -0.3 is 14.4 Å². The zero-order valence-electron chi connectivity index (χ0n) is 17.1. The van der Waals surface area contributed by atoms with Gasteiger partial charge in [0.05, 0.1) is 30.8 Å². The van der Waals surface area contributed by atoms with Gasteiger partial charge in [-0.25, -0.2) is 13.1 Å². The Bertz CT molecular complexity index is 785. The minimum absolute atomic E-state index is 0.0819. The minimum Gasteiger partial charge on any atom is -0.496 e. The molecule has 2 aliphatic heterocycles. The highest BCUT2D eigenvalue weighted by atomic mass is 32.2. The summed E-state index contributed by atoms with van der Waals surface area (Å²) >= 11 is 0. The molecule has 29 heavy (non-hydrogen) atoms. The van der Waals surface area contributed by atoms with Gasteiger partial charge in [-0.05, 0) is 31.0 Å². The monoisotopic (exact) mass is 425 g/mol. The Labute approximate surface area is 173 Å². The molecular weight excluding hydrogens is 394 g/mol. The molecule has 0 bridgehead atoms. The third-order valence-electron chi connectivity index (χ3n) is 5.43. The van der Waals surface area contributed by atoms with Crippen LogP contribution in [0.3, 0.4) is 0 Å². The van der Waals surface area contributed by atoms with E-state index in [-0.39, 0.29) is 10.8 Å². The molecule has 162 valence electrons. The molecule has 9 heteroatoms. The van der Waals surface area contributed by atoms with Gasteiger partial charge in [0.15, 0.2) is 0 Å². The predicted molar refractivity (Wildman–Crippen MR) is 110 cm³/mol. The maximum absolute atomic E-state index is 13.0. The molecule has 2 saturated heterocycles. The van der Waals surface area contributed by atoms with Crippen LogP contribution in [0.4, 0.5) is 0 Å². The van der Waals surface area contributed by atoms with Crippen molar-refractivity contribution in [2.24, 2.45) is 0 Å². The van der Waals surface area contributed by atoms with Crippen molar-refractivity contribution in [2.75, 3.05) is 59.6 Å². The van der Waals surface area contributed by atoms with E-state index in [0.29, 0.717) is 50.7 Å². The maximum atomic E-state index is 13.0. The van der Waals surface area contributed by atoms with Crippen LogP contribution in [-0.4, -0.2) is 83.7 Å². The Kier molecular flexibility index (Phi) is 7.88. The minimum atomic E-state index is -3.71. The van der Waals surface area contributed by atoms with Gasteiger partial charge in [-0.2, -0.15) is 0 Å². The van der Waals surface area contributed by atoms with E-state index in [4.69, 9.17) is 9.47 Å². The Morgan fingerprint density at radius 2 is 1.79 bits per heavy atom. The topological polar surface area (TPSA) is 88.2 Å². The van der Waals surface area contributed by atoms with Crippen molar-refractivity contribution in [2.45, 2.75) is 30.6 Å². The fourth-order valence-corrected chi connectivity index (χ4v) is 4.76. The number of morpholine rings is 1. The first-order valence-electron chi connectivity index (χ1n) is 10.3. The van der Waals surface area contributed by atoms with Gasteiger partial charge in [-0.15, -0.1) is 0 Å². The highest BCUT2D eigenvalue weighted by Gasteiger charge is 2.24. The lowest BCUT2D eigenvalue weighted by molar-refractivity contribution is 0.0390. The molecule has 1 aromatic carbocycles. The highest BCUT2D eigenvalue weighted by molar-refractivity contribution is 7.89. The number of carbonyl (C=O) groups excluding carboxylic acids is 1. The van der Waals surface area contributed by atoms with E-state index in [9.17, 15) is 13.2 Å². The van der Waals surface area contributed by atoms with Gasteiger partial charge in [0.1, 0.15) is 5.75 Å². The number of methoxy groups -OCH3 is 1. The first-order chi connectivity index (χ1) is 14.0. The number of ether oxygens (including phenoxy) is 2. The van der Waals surface area contributed by atoms with Gasteiger partial charge in [0.25, 0.3) is 5.91 Å². The molecule has 0 aromatic heterocycles. The fourth-order valence-electron chi connectivity index (χ4n) is 3.71. The molecule has 2 aliphatic rings. The Morgan fingerprint density at radius 1 is 1.10 bits per heavy atom. The molecule has 1 amide bonds. The van der Waals surface area contributed by atoms with E-state index in [1.54, 1.807) is 11.0 Å². The largest absolute Gasteiger partial charge is 0.496 e. The molecule has 0 unspecified atom stereocenters. The predicted octanol–water partition coefficient (Wildman–Crippen LogP) is 1.32. The molecule has 8 nitrogen and oxygen atoms in total. The molecule has 0 saturated carbocycles. The number of amides is 1. The van der Waals surface area contributed by atoms with E-state index >= 15 is 0 Å². The molecule has 0 spiro atoms. The number of benzene rings is 1. The van der Waals surface area contributed by atoms with E-state index in [2.05, 4.69) is 9.62 Å². The standard InChI is InChI=1S/C20H31N3O5S/c1-27-19-7-6-17(16-18(19)20(24)23-9-4-2-3-5-10-23)29(25,26)21-8-11-22-12-14-28-15-13-22/h6-7,16,21H,2-5,8-15H2,1H3. The molecule has 1 aromatic rings. The summed E-state index contributed by atoms with van der Waals surface area (Å²) in [5.74, 6) is 0.223. The summed E-state index contributed by atoms with van der Waals surface area (Å²) in [5, 5.41) is 0. The third kappa shape index (κ3) is 5.91. The number of hydrogen-bond donors (Lipinski definition) is 1. The first kappa shape index (κ1) is 22.0. The Balaban J connectivity index is 1.71. The van der Waals surface area contributed by atoms with Crippen molar-refractivity contribution in [3.63, 3.8) is 0 Å². The van der Waals surface area contributed by atoms with Crippen LogP contribution in [0.2, 0.25) is 0 Å². The summed E-state index contributed by atoms with van der Waals surface area (Å²) in [6.45, 7) is 5.27. The van der Waals surface area contributed by atoms with Crippen LogP contribution in [0.25, 0.3) is 0 Å². The van der Waals surface area contributed by atoms with Crippen molar-refractivity contribution in [3.05, 3.63) is 23.8 Å². The van der Waals surface area contributed by atoms with Gasteiger partial charge in [0, 0.05) is 39.3 Å². The molecule has 0 aliphatic carbocycles. The summed E-state index contributed by atoms with van der Waals surface area (Å²) in [6.07, 6.45) is 4.16. The SMILES string of the molecule is COc1ccc(S(=O)(=O)NCCN2CCOCC2)cc1C(=O)N1CCCCCC1.